The van der Waals surface area contributed by atoms with Crippen molar-refractivity contribution in [1.82, 2.24) is 0 Å². The number of nitrogens with zero attached hydrogens (tertiary/aromatic N) is 1. The van der Waals surface area contributed by atoms with Crippen molar-refractivity contribution in [2.45, 2.75) is 37.5 Å². The summed E-state index contributed by atoms with van der Waals surface area (Å²) in [5, 5.41) is 3.05. The molecule has 0 heterocycles. The number of rotatable bonds is 9. The normalized spacial score (nSPS) is 11.6. The zero-order chi connectivity index (χ0) is 29.9. The van der Waals surface area contributed by atoms with Crippen molar-refractivity contribution < 1.29 is 21.6 Å². The smallest absolute Gasteiger partial charge is 0.264 e. The zero-order valence-electron chi connectivity index (χ0n) is 23.0. The van der Waals surface area contributed by atoms with Gasteiger partial charge in [0.2, 0.25) is 5.91 Å². The molecule has 4 aromatic carbocycles. The third kappa shape index (κ3) is 7.08. The third-order valence-corrected chi connectivity index (χ3v) is 9.96. The number of sulfonamides is 2. The lowest BCUT2D eigenvalue weighted by molar-refractivity contribution is -0.114. The second kappa shape index (κ2) is 11.9. The van der Waals surface area contributed by atoms with Crippen LogP contribution >= 0.6 is 11.6 Å². The van der Waals surface area contributed by atoms with Crippen LogP contribution in [0.25, 0.3) is 0 Å². The second-order valence-corrected chi connectivity index (χ2v) is 13.7. The Kier molecular flexibility index (Phi) is 8.77. The molecule has 2 N–H and O–H groups in total. The monoisotopic (exact) mass is 611 g/mol. The largest absolute Gasteiger partial charge is 0.325 e. The lowest BCUT2D eigenvalue weighted by Crippen LogP contribution is -2.38. The quantitative estimate of drug-likeness (QED) is 0.234. The first-order chi connectivity index (χ1) is 19.3. The van der Waals surface area contributed by atoms with Gasteiger partial charge in [-0.1, -0.05) is 35.4 Å². The van der Waals surface area contributed by atoms with E-state index in [4.69, 9.17) is 11.6 Å². The minimum Gasteiger partial charge on any atom is -0.325 e. The molecular formula is C30H30ClN3O5S2. The van der Waals surface area contributed by atoms with Gasteiger partial charge in [-0.25, -0.2) is 16.8 Å². The standard InChI is InChI=1S/C30H30ClN3O5S2/c1-20-5-16-29(23(4)17-20)33-40(36,37)27-14-9-25(10-15-27)32-30(35)19-34(26-11-6-21(2)22(3)18-26)41(38,39)28-12-7-24(31)8-13-28/h5-18,33H,19H2,1-4H3,(H,32,35). The molecule has 214 valence electrons. The van der Waals surface area contributed by atoms with E-state index in [-0.39, 0.29) is 9.79 Å². The van der Waals surface area contributed by atoms with Crippen molar-refractivity contribution in [3.63, 3.8) is 0 Å². The molecule has 41 heavy (non-hydrogen) atoms. The van der Waals surface area contributed by atoms with Crippen molar-refractivity contribution in [3.8, 4) is 0 Å². The Morgan fingerprint density at radius 3 is 1.98 bits per heavy atom. The van der Waals surface area contributed by atoms with Crippen molar-refractivity contribution in [1.29, 1.82) is 0 Å². The maximum Gasteiger partial charge on any atom is 0.264 e. The maximum atomic E-state index is 13.6. The molecular weight excluding hydrogens is 582 g/mol. The summed E-state index contributed by atoms with van der Waals surface area (Å²) in [6, 6.07) is 21.9. The van der Waals surface area contributed by atoms with Crippen LogP contribution in [0.4, 0.5) is 17.1 Å². The van der Waals surface area contributed by atoms with Gasteiger partial charge in [0, 0.05) is 10.7 Å². The van der Waals surface area contributed by atoms with E-state index in [1.165, 1.54) is 48.5 Å². The fourth-order valence-corrected chi connectivity index (χ4v) is 6.78. The van der Waals surface area contributed by atoms with Gasteiger partial charge in [-0.3, -0.25) is 13.8 Å². The molecule has 0 fully saturated rings. The number of aryl methyl sites for hydroxylation is 4. The van der Waals surface area contributed by atoms with Crippen LogP contribution in [0.15, 0.2) is 94.7 Å². The number of amides is 1. The van der Waals surface area contributed by atoms with Gasteiger partial charge in [0.25, 0.3) is 20.0 Å². The highest BCUT2D eigenvalue weighted by Gasteiger charge is 2.28. The van der Waals surface area contributed by atoms with Crippen molar-refractivity contribution >= 4 is 54.6 Å². The summed E-state index contributed by atoms with van der Waals surface area (Å²) in [6.45, 7) is 6.99. The Labute approximate surface area is 246 Å². The van der Waals surface area contributed by atoms with Gasteiger partial charge in [-0.15, -0.1) is 0 Å². The van der Waals surface area contributed by atoms with E-state index in [9.17, 15) is 21.6 Å². The van der Waals surface area contributed by atoms with Crippen LogP contribution in [-0.2, 0) is 24.8 Å². The number of halogens is 1. The van der Waals surface area contributed by atoms with Gasteiger partial charge < -0.3 is 5.32 Å². The third-order valence-electron chi connectivity index (χ3n) is 6.54. The average Bonchev–Trinajstić information content (AvgIpc) is 2.91. The molecule has 0 spiro atoms. The van der Waals surface area contributed by atoms with Crippen LogP contribution in [-0.4, -0.2) is 29.3 Å². The van der Waals surface area contributed by atoms with Crippen LogP contribution in [0.3, 0.4) is 0 Å². The molecule has 0 radical (unpaired) electrons. The summed E-state index contributed by atoms with van der Waals surface area (Å²) < 4.78 is 56.6. The highest BCUT2D eigenvalue weighted by molar-refractivity contribution is 7.93. The van der Waals surface area contributed by atoms with E-state index in [0.717, 1.165) is 26.6 Å². The molecule has 0 atom stereocenters. The van der Waals surface area contributed by atoms with E-state index in [0.29, 0.717) is 22.1 Å². The first kappa shape index (κ1) is 30.1. The molecule has 0 unspecified atom stereocenters. The Balaban J connectivity index is 1.55. The van der Waals surface area contributed by atoms with E-state index in [1.54, 1.807) is 24.3 Å². The summed E-state index contributed by atoms with van der Waals surface area (Å²) in [6.07, 6.45) is 0. The van der Waals surface area contributed by atoms with E-state index >= 15 is 0 Å². The van der Waals surface area contributed by atoms with E-state index < -0.39 is 32.5 Å². The molecule has 0 aliphatic heterocycles. The molecule has 0 saturated carbocycles. The number of hydrogen-bond acceptors (Lipinski definition) is 5. The van der Waals surface area contributed by atoms with Gasteiger partial charge in [-0.05, 0) is 111 Å². The molecule has 4 aromatic rings. The summed E-state index contributed by atoms with van der Waals surface area (Å²) in [5.74, 6) is -0.607. The topological polar surface area (TPSA) is 113 Å². The lowest BCUT2D eigenvalue weighted by atomic mass is 10.1. The number of hydrogen-bond donors (Lipinski definition) is 2. The SMILES string of the molecule is Cc1ccc(NS(=O)(=O)c2ccc(NC(=O)CN(c3ccc(C)c(C)c3)S(=O)(=O)c3ccc(Cl)cc3)cc2)c(C)c1. The highest BCUT2D eigenvalue weighted by atomic mass is 35.5. The maximum absolute atomic E-state index is 13.6. The second-order valence-electron chi connectivity index (χ2n) is 9.73. The van der Waals surface area contributed by atoms with Crippen LogP contribution in [0.2, 0.25) is 5.02 Å². The lowest BCUT2D eigenvalue weighted by Gasteiger charge is -2.25. The highest BCUT2D eigenvalue weighted by Crippen LogP contribution is 2.27. The van der Waals surface area contributed by atoms with E-state index in [2.05, 4.69) is 10.0 Å². The van der Waals surface area contributed by atoms with Gasteiger partial charge in [0.05, 0.1) is 21.2 Å². The Morgan fingerprint density at radius 1 is 0.732 bits per heavy atom. The zero-order valence-corrected chi connectivity index (χ0v) is 25.4. The molecule has 8 nitrogen and oxygen atoms in total. The number of carbonyl (C=O) groups is 1. The van der Waals surface area contributed by atoms with Crippen molar-refractivity contribution in [3.05, 3.63) is 112 Å². The molecule has 0 aliphatic carbocycles. The summed E-state index contributed by atoms with van der Waals surface area (Å²) >= 11 is 5.95. The van der Waals surface area contributed by atoms with Gasteiger partial charge in [0.1, 0.15) is 6.54 Å². The molecule has 0 bridgehead atoms. The molecule has 1 amide bonds. The minimum atomic E-state index is -4.12. The molecule has 4 rings (SSSR count). The fraction of sp³-hybridized carbons (Fsp3) is 0.167. The first-order valence-electron chi connectivity index (χ1n) is 12.6. The number of benzene rings is 4. The van der Waals surface area contributed by atoms with Crippen molar-refractivity contribution in [2.75, 3.05) is 20.9 Å². The van der Waals surface area contributed by atoms with Crippen LogP contribution in [0.1, 0.15) is 22.3 Å². The summed E-state index contributed by atoms with van der Waals surface area (Å²) in [4.78, 5) is 13.1. The minimum absolute atomic E-state index is 0.0116. The fourth-order valence-electron chi connectivity index (χ4n) is 4.11. The molecule has 0 aromatic heterocycles. The summed E-state index contributed by atoms with van der Waals surface area (Å²) in [7, 11) is -7.99. The van der Waals surface area contributed by atoms with Crippen LogP contribution < -0.4 is 14.3 Å². The predicted molar refractivity (Wildman–Crippen MR) is 164 cm³/mol. The van der Waals surface area contributed by atoms with Gasteiger partial charge in [-0.2, -0.15) is 0 Å². The Bertz CT molecular complexity index is 1810. The van der Waals surface area contributed by atoms with Gasteiger partial charge in [0.15, 0.2) is 0 Å². The molecule has 11 heteroatoms. The first-order valence-corrected chi connectivity index (χ1v) is 15.9. The number of carbonyl (C=O) groups excluding carboxylic acids is 1. The van der Waals surface area contributed by atoms with Crippen molar-refractivity contribution in [2.24, 2.45) is 0 Å². The summed E-state index contributed by atoms with van der Waals surface area (Å²) in [5.41, 5.74) is 4.76. The number of anilines is 3. The molecule has 0 saturated heterocycles. The van der Waals surface area contributed by atoms with Gasteiger partial charge >= 0.3 is 0 Å². The van der Waals surface area contributed by atoms with E-state index in [1.807, 2.05) is 39.8 Å². The number of nitrogens with one attached hydrogen (secondary N) is 2. The molecule has 0 aliphatic rings. The Morgan fingerprint density at radius 2 is 1.37 bits per heavy atom. The van der Waals surface area contributed by atoms with Crippen LogP contribution in [0, 0.1) is 27.7 Å². The van der Waals surface area contributed by atoms with Crippen LogP contribution in [0.5, 0.6) is 0 Å². The predicted octanol–water partition coefficient (Wildman–Crippen LogP) is 6.21. The average molecular weight is 612 g/mol. The Hall–Kier alpha value is -3.86.